The van der Waals surface area contributed by atoms with Gasteiger partial charge < -0.3 is 34.3 Å². The standard InChI is InChI=1S/B4H2O7.ClH.Na.H/c5-1-7-3-9-2(6)10-4(8-1)11-3;;;/h5-6H;1H;;/q;;+1;-1. The molecule has 0 amide bonds. The van der Waals surface area contributed by atoms with Gasteiger partial charge in [-0.2, -0.15) is 0 Å². The minimum absolute atomic E-state index is 0. The van der Waals surface area contributed by atoms with Crippen molar-refractivity contribution in [2.75, 3.05) is 0 Å². The SMILES string of the molecule is Cl.OB1OB2OB(O)OB(O1)O2.[H-].[Na+]. The Morgan fingerprint density at radius 3 is 1.38 bits per heavy atom. The maximum atomic E-state index is 8.74. The summed E-state index contributed by atoms with van der Waals surface area (Å²) in [5.41, 5.74) is 0. The molecule has 2 saturated heterocycles. The van der Waals surface area contributed by atoms with Gasteiger partial charge in [0, 0.05) is 0 Å². The summed E-state index contributed by atoms with van der Waals surface area (Å²) in [6, 6.07) is 0. The second-order valence-electron chi connectivity index (χ2n) is 1.87. The van der Waals surface area contributed by atoms with E-state index >= 15 is 0 Å². The van der Waals surface area contributed by atoms with E-state index in [0.717, 1.165) is 0 Å². The molecule has 0 aromatic rings. The fourth-order valence-corrected chi connectivity index (χ4v) is 0.728. The van der Waals surface area contributed by atoms with Crippen LogP contribution in [0.25, 0.3) is 0 Å². The van der Waals surface area contributed by atoms with Crippen LogP contribution in [0.4, 0.5) is 0 Å². The Hall–Kier alpha value is 1.27. The molecule has 0 aromatic heterocycles. The molecule has 0 unspecified atom stereocenters. The van der Waals surface area contributed by atoms with E-state index in [2.05, 4.69) is 22.9 Å². The minimum Gasteiger partial charge on any atom is -1.00 e. The van der Waals surface area contributed by atoms with E-state index in [4.69, 9.17) is 10.0 Å². The van der Waals surface area contributed by atoms with Crippen molar-refractivity contribution in [3.8, 4) is 0 Å². The Labute approximate surface area is 105 Å². The van der Waals surface area contributed by atoms with Crippen molar-refractivity contribution in [1.29, 1.82) is 0 Å². The molecule has 13 heavy (non-hydrogen) atoms. The van der Waals surface area contributed by atoms with Crippen molar-refractivity contribution in [3.63, 3.8) is 0 Å². The van der Waals surface area contributed by atoms with Gasteiger partial charge in [-0.15, -0.1) is 12.4 Å². The summed E-state index contributed by atoms with van der Waals surface area (Å²) in [6.45, 7) is 0. The van der Waals surface area contributed by atoms with Gasteiger partial charge in [-0.25, -0.2) is 0 Å². The smallest absolute Gasteiger partial charge is 1.00 e. The monoisotopic (exact) mass is 218 g/mol. The summed E-state index contributed by atoms with van der Waals surface area (Å²) >= 11 is 0. The molecule has 7 nitrogen and oxygen atoms in total. The molecule has 0 spiro atoms. The van der Waals surface area contributed by atoms with E-state index in [1.165, 1.54) is 0 Å². The fraction of sp³-hybridized carbons (Fsp3) is 0. The molecule has 2 rings (SSSR count). The Kier molecular flexibility index (Phi) is 6.57. The Morgan fingerprint density at radius 1 is 0.769 bits per heavy atom. The van der Waals surface area contributed by atoms with Crippen LogP contribution in [0.2, 0.25) is 0 Å². The predicted octanol–water partition coefficient (Wildman–Crippen LogP) is -5.44. The number of hydrogen-bond donors (Lipinski definition) is 2. The molecule has 2 bridgehead atoms. The molecule has 66 valence electrons. The van der Waals surface area contributed by atoms with Crippen LogP contribution in [0.1, 0.15) is 1.43 Å². The van der Waals surface area contributed by atoms with Crippen LogP contribution in [-0.4, -0.2) is 39.3 Å². The summed E-state index contributed by atoms with van der Waals surface area (Å²) in [4.78, 5) is 0. The molecule has 2 aliphatic rings. The topological polar surface area (TPSA) is 86.6 Å². The second-order valence-corrected chi connectivity index (χ2v) is 1.87. The quantitative estimate of drug-likeness (QED) is 0.392. The van der Waals surface area contributed by atoms with Crippen LogP contribution < -0.4 is 29.6 Å². The van der Waals surface area contributed by atoms with Crippen LogP contribution >= 0.6 is 12.4 Å². The van der Waals surface area contributed by atoms with E-state index in [0.29, 0.717) is 0 Å². The first kappa shape index (κ1) is 14.3. The summed E-state index contributed by atoms with van der Waals surface area (Å²) < 4.78 is 22.6. The van der Waals surface area contributed by atoms with Crippen molar-refractivity contribution in [2.24, 2.45) is 0 Å². The molecule has 0 atom stereocenters. The van der Waals surface area contributed by atoms with Crippen LogP contribution in [0, 0.1) is 0 Å². The van der Waals surface area contributed by atoms with E-state index in [1.54, 1.807) is 0 Å². The van der Waals surface area contributed by atoms with Crippen LogP contribution in [0.15, 0.2) is 0 Å². The van der Waals surface area contributed by atoms with Gasteiger partial charge in [-0.05, 0) is 0 Å². The summed E-state index contributed by atoms with van der Waals surface area (Å²) in [6.07, 6.45) is 0. The van der Waals surface area contributed by atoms with Crippen LogP contribution in [-0.2, 0) is 22.9 Å². The minimum atomic E-state index is -1.45. The second kappa shape index (κ2) is 5.99. The van der Waals surface area contributed by atoms with Crippen LogP contribution in [0.3, 0.4) is 0 Å². The number of fused-ring (bicyclic) bond motifs is 2. The Bertz CT molecular complexity index is 131. The average molecular weight is 218 g/mol. The van der Waals surface area contributed by atoms with Gasteiger partial charge in [0.25, 0.3) is 0 Å². The fourth-order valence-electron chi connectivity index (χ4n) is 0.728. The molecular formula is H4B4ClNaO7. The van der Waals surface area contributed by atoms with Crippen molar-refractivity contribution < 1.29 is 63.9 Å². The molecule has 13 heteroatoms. The van der Waals surface area contributed by atoms with Gasteiger partial charge in [-0.1, -0.05) is 0 Å². The number of rotatable bonds is 0. The summed E-state index contributed by atoms with van der Waals surface area (Å²) in [5, 5.41) is 17.5. The zero-order valence-electron chi connectivity index (χ0n) is 7.65. The number of hydrogen-bond acceptors (Lipinski definition) is 7. The van der Waals surface area contributed by atoms with Crippen LogP contribution in [0.5, 0.6) is 0 Å². The molecule has 0 aliphatic carbocycles. The van der Waals surface area contributed by atoms with E-state index in [1.807, 2.05) is 0 Å². The van der Waals surface area contributed by atoms with Gasteiger partial charge in [0.15, 0.2) is 0 Å². The van der Waals surface area contributed by atoms with Gasteiger partial charge in [0.05, 0.1) is 0 Å². The average Bonchev–Trinajstić information content (AvgIpc) is 1.82. The Balaban J connectivity index is 0. The summed E-state index contributed by atoms with van der Waals surface area (Å²) in [5.74, 6) is 0. The first-order valence-corrected chi connectivity index (χ1v) is 2.87. The molecule has 2 N–H and O–H groups in total. The largest absolute Gasteiger partial charge is 1.00 e. The third-order valence-corrected chi connectivity index (χ3v) is 1.13. The first-order valence-electron chi connectivity index (χ1n) is 2.87. The third kappa shape index (κ3) is 3.73. The molecule has 2 aliphatic heterocycles. The molecule has 2 fully saturated rings. The van der Waals surface area contributed by atoms with Gasteiger partial charge in [0.1, 0.15) is 0 Å². The van der Waals surface area contributed by atoms with Gasteiger partial charge >= 0.3 is 58.8 Å². The summed E-state index contributed by atoms with van der Waals surface area (Å²) in [7, 11) is -5.20. The Morgan fingerprint density at radius 2 is 1.08 bits per heavy atom. The predicted molar refractivity (Wildman–Crippen MR) is 41.2 cm³/mol. The van der Waals surface area contributed by atoms with Crippen molar-refractivity contribution >= 4 is 41.7 Å². The van der Waals surface area contributed by atoms with Crippen molar-refractivity contribution in [3.05, 3.63) is 0 Å². The van der Waals surface area contributed by atoms with Crippen molar-refractivity contribution in [1.82, 2.24) is 0 Å². The zero-order chi connectivity index (χ0) is 7.84. The number of halogens is 1. The molecular weight excluding hydrogens is 214 g/mol. The van der Waals surface area contributed by atoms with E-state index in [9.17, 15) is 0 Å². The van der Waals surface area contributed by atoms with Crippen molar-refractivity contribution in [2.45, 2.75) is 0 Å². The maximum Gasteiger partial charge on any atom is 1.00 e. The molecule has 0 aromatic carbocycles. The molecule has 0 radical (unpaired) electrons. The normalized spacial score (nSPS) is 20.8. The maximum absolute atomic E-state index is 8.74. The molecule has 0 saturated carbocycles. The van der Waals surface area contributed by atoms with Gasteiger partial charge in [0.2, 0.25) is 0 Å². The third-order valence-electron chi connectivity index (χ3n) is 1.13. The van der Waals surface area contributed by atoms with Gasteiger partial charge in [-0.3, -0.25) is 0 Å². The van der Waals surface area contributed by atoms with E-state index in [-0.39, 0.29) is 43.4 Å². The zero-order valence-corrected chi connectivity index (χ0v) is 9.47. The first-order chi connectivity index (χ1) is 5.24. The molecule has 2 heterocycles. The van der Waals surface area contributed by atoms with E-state index < -0.39 is 29.3 Å².